The molecule has 0 amide bonds. The van der Waals surface area contributed by atoms with Crippen molar-refractivity contribution in [3.8, 4) is 0 Å². The second kappa shape index (κ2) is 10.6. The minimum Gasteiger partial charge on any atom is -0.466 e. The lowest BCUT2D eigenvalue weighted by molar-refractivity contribution is -0.143. The molecule has 0 N–H and O–H groups in total. The summed E-state index contributed by atoms with van der Waals surface area (Å²) >= 11 is 6.09. The number of benzene rings is 1. The molecule has 0 saturated heterocycles. The molecule has 0 aliphatic heterocycles. The molecule has 5 heteroatoms. The highest BCUT2D eigenvalue weighted by Gasteiger charge is 2.16. The Morgan fingerprint density at radius 2 is 2.00 bits per heavy atom. The average Bonchev–Trinajstić information content (AvgIpc) is 2.51. The largest absolute Gasteiger partial charge is 0.466 e. The van der Waals surface area contributed by atoms with Gasteiger partial charge in [0.2, 0.25) is 0 Å². The topological polar surface area (TPSA) is 44.8 Å². The molecule has 0 radical (unpaired) electrons. The summed E-state index contributed by atoms with van der Waals surface area (Å²) < 4.78 is 16.0. The van der Waals surface area contributed by atoms with E-state index in [0.717, 1.165) is 17.5 Å². The molecule has 1 aromatic carbocycles. The standard InChI is InChI=1S/C17H25ClO4/c1-4-16(22-12-20-5-2)15-9-8-14(18)11-13(15)7-10-17(19)21-6-3/h8-9,11,16H,4-7,10,12H2,1-3H3. The molecule has 0 aliphatic rings. The quantitative estimate of drug-likeness (QED) is 0.365. The van der Waals surface area contributed by atoms with Crippen molar-refractivity contribution >= 4 is 17.6 Å². The highest BCUT2D eigenvalue weighted by molar-refractivity contribution is 6.30. The fourth-order valence-corrected chi connectivity index (χ4v) is 2.41. The normalized spacial score (nSPS) is 12.2. The first-order valence-electron chi connectivity index (χ1n) is 7.75. The predicted octanol–water partition coefficient (Wildman–Crippen LogP) is 4.30. The first kappa shape index (κ1) is 18.9. The highest BCUT2D eigenvalue weighted by atomic mass is 35.5. The molecule has 124 valence electrons. The van der Waals surface area contributed by atoms with Gasteiger partial charge in [0.15, 0.2) is 0 Å². The van der Waals surface area contributed by atoms with Crippen LogP contribution in [0.15, 0.2) is 18.2 Å². The predicted molar refractivity (Wildman–Crippen MR) is 87.0 cm³/mol. The van der Waals surface area contributed by atoms with Crippen LogP contribution in [0.3, 0.4) is 0 Å². The maximum Gasteiger partial charge on any atom is 0.306 e. The maximum atomic E-state index is 11.6. The fraction of sp³-hybridized carbons (Fsp3) is 0.588. The number of carbonyl (C=O) groups is 1. The number of carbonyl (C=O) groups excluding carboxylic acids is 1. The minimum absolute atomic E-state index is 0.0685. The van der Waals surface area contributed by atoms with Crippen molar-refractivity contribution in [1.29, 1.82) is 0 Å². The Kier molecular flexibility index (Phi) is 9.13. The third-order valence-corrected chi connectivity index (χ3v) is 3.52. The first-order valence-corrected chi connectivity index (χ1v) is 8.13. The summed E-state index contributed by atoms with van der Waals surface area (Å²) in [5.74, 6) is -0.197. The van der Waals surface area contributed by atoms with Crippen molar-refractivity contribution < 1.29 is 19.0 Å². The van der Waals surface area contributed by atoms with Crippen LogP contribution in [0, 0.1) is 0 Å². The average molecular weight is 329 g/mol. The smallest absolute Gasteiger partial charge is 0.306 e. The van der Waals surface area contributed by atoms with Crippen molar-refractivity contribution in [2.75, 3.05) is 20.0 Å². The van der Waals surface area contributed by atoms with Crippen LogP contribution in [0.25, 0.3) is 0 Å². The zero-order chi connectivity index (χ0) is 16.4. The third kappa shape index (κ3) is 6.34. The van der Waals surface area contributed by atoms with Gasteiger partial charge < -0.3 is 14.2 Å². The van der Waals surface area contributed by atoms with E-state index in [4.69, 9.17) is 25.8 Å². The lowest BCUT2D eigenvalue weighted by atomic mass is 9.97. The van der Waals surface area contributed by atoms with Gasteiger partial charge in [-0.2, -0.15) is 0 Å². The van der Waals surface area contributed by atoms with Crippen LogP contribution in [0.5, 0.6) is 0 Å². The molecule has 1 atom stereocenters. The van der Waals surface area contributed by atoms with Crippen LogP contribution in [0.4, 0.5) is 0 Å². The van der Waals surface area contributed by atoms with Gasteiger partial charge in [-0.3, -0.25) is 4.79 Å². The molecule has 0 fully saturated rings. The monoisotopic (exact) mass is 328 g/mol. The Hall–Kier alpha value is -1.10. The molecular formula is C17H25ClO4. The molecule has 0 saturated carbocycles. The summed E-state index contributed by atoms with van der Waals surface area (Å²) in [7, 11) is 0. The van der Waals surface area contributed by atoms with E-state index >= 15 is 0 Å². The van der Waals surface area contributed by atoms with Crippen molar-refractivity contribution in [2.24, 2.45) is 0 Å². The van der Waals surface area contributed by atoms with Crippen LogP contribution < -0.4 is 0 Å². The van der Waals surface area contributed by atoms with E-state index in [0.29, 0.717) is 31.1 Å². The number of aryl methyl sites for hydroxylation is 1. The van der Waals surface area contributed by atoms with Gasteiger partial charge >= 0.3 is 5.97 Å². The molecule has 22 heavy (non-hydrogen) atoms. The number of halogens is 1. The molecule has 0 bridgehead atoms. The summed E-state index contributed by atoms with van der Waals surface area (Å²) in [4.78, 5) is 11.6. The summed E-state index contributed by atoms with van der Waals surface area (Å²) in [5.41, 5.74) is 2.07. The van der Waals surface area contributed by atoms with Gasteiger partial charge in [0.25, 0.3) is 0 Å². The molecule has 4 nitrogen and oxygen atoms in total. The molecule has 0 aliphatic carbocycles. The lowest BCUT2D eigenvalue weighted by Gasteiger charge is -2.20. The van der Waals surface area contributed by atoms with Crippen LogP contribution in [-0.4, -0.2) is 26.0 Å². The van der Waals surface area contributed by atoms with E-state index in [1.54, 1.807) is 6.92 Å². The lowest BCUT2D eigenvalue weighted by Crippen LogP contribution is -2.11. The fourth-order valence-electron chi connectivity index (χ4n) is 2.22. The van der Waals surface area contributed by atoms with Crippen molar-refractivity contribution in [2.45, 2.75) is 46.1 Å². The van der Waals surface area contributed by atoms with E-state index in [9.17, 15) is 4.79 Å². The first-order chi connectivity index (χ1) is 10.6. The molecular weight excluding hydrogens is 304 g/mol. The molecule has 1 aromatic rings. The van der Waals surface area contributed by atoms with Crippen LogP contribution in [0.2, 0.25) is 5.02 Å². The van der Waals surface area contributed by atoms with Crippen molar-refractivity contribution in [1.82, 2.24) is 0 Å². The molecule has 0 spiro atoms. The van der Waals surface area contributed by atoms with E-state index < -0.39 is 0 Å². The number of hydrogen-bond donors (Lipinski definition) is 0. The van der Waals surface area contributed by atoms with Gasteiger partial charge in [-0.1, -0.05) is 24.6 Å². The highest BCUT2D eigenvalue weighted by Crippen LogP contribution is 2.28. The molecule has 1 unspecified atom stereocenters. The van der Waals surface area contributed by atoms with Crippen LogP contribution in [-0.2, 0) is 25.4 Å². The number of hydrogen-bond acceptors (Lipinski definition) is 4. The second-order valence-corrected chi connectivity index (χ2v) is 5.26. The van der Waals surface area contributed by atoms with E-state index in [2.05, 4.69) is 6.92 Å². The zero-order valence-corrected chi connectivity index (χ0v) is 14.3. The SMILES string of the molecule is CCOCOC(CC)c1ccc(Cl)cc1CCC(=O)OCC. The van der Waals surface area contributed by atoms with Crippen LogP contribution >= 0.6 is 11.6 Å². The number of esters is 1. The van der Waals surface area contributed by atoms with Crippen molar-refractivity contribution in [3.05, 3.63) is 34.3 Å². The van der Waals surface area contributed by atoms with Gasteiger partial charge in [0.1, 0.15) is 6.79 Å². The summed E-state index contributed by atoms with van der Waals surface area (Å²) in [6, 6.07) is 5.70. The Morgan fingerprint density at radius 1 is 1.23 bits per heavy atom. The Balaban J connectivity index is 2.81. The molecule has 0 aromatic heterocycles. The Morgan fingerprint density at radius 3 is 2.64 bits per heavy atom. The Bertz CT molecular complexity index is 462. The molecule has 1 rings (SSSR count). The van der Waals surface area contributed by atoms with Gasteiger partial charge in [-0.05, 0) is 49.9 Å². The van der Waals surface area contributed by atoms with Gasteiger partial charge in [0.05, 0.1) is 12.7 Å². The van der Waals surface area contributed by atoms with Gasteiger partial charge in [-0.25, -0.2) is 0 Å². The molecule has 0 heterocycles. The number of rotatable bonds is 10. The van der Waals surface area contributed by atoms with Gasteiger partial charge in [0, 0.05) is 18.1 Å². The zero-order valence-electron chi connectivity index (χ0n) is 13.6. The van der Waals surface area contributed by atoms with E-state index in [1.165, 1.54) is 0 Å². The minimum atomic E-state index is -0.197. The maximum absolute atomic E-state index is 11.6. The summed E-state index contributed by atoms with van der Waals surface area (Å²) in [5, 5.41) is 0.655. The third-order valence-electron chi connectivity index (χ3n) is 3.28. The summed E-state index contributed by atoms with van der Waals surface area (Å²) in [6.45, 7) is 7.06. The van der Waals surface area contributed by atoms with Crippen molar-refractivity contribution in [3.63, 3.8) is 0 Å². The van der Waals surface area contributed by atoms with E-state index in [-0.39, 0.29) is 18.9 Å². The summed E-state index contributed by atoms with van der Waals surface area (Å²) in [6.07, 6.45) is 1.67. The van der Waals surface area contributed by atoms with Gasteiger partial charge in [-0.15, -0.1) is 0 Å². The van der Waals surface area contributed by atoms with E-state index in [1.807, 2.05) is 25.1 Å². The second-order valence-electron chi connectivity index (χ2n) is 4.82. The Labute approximate surface area is 137 Å². The van der Waals surface area contributed by atoms with Crippen LogP contribution in [0.1, 0.15) is 50.8 Å². The number of ether oxygens (including phenoxy) is 3.